The summed E-state index contributed by atoms with van der Waals surface area (Å²) in [6.45, 7) is 0. The summed E-state index contributed by atoms with van der Waals surface area (Å²) >= 11 is 15.2. The molecule has 3 atom stereocenters. The first-order valence-corrected chi connectivity index (χ1v) is 14.5. The van der Waals surface area contributed by atoms with Crippen LogP contribution in [-0.2, 0) is 30.6 Å². The number of nitrogens with zero attached hydrogens (tertiary/aromatic N) is 1. The van der Waals surface area contributed by atoms with Crippen molar-refractivity contribution in [1.82, 2.24) is 4.90 Å². The summed E-state index contributed by atoms with van der Waals surface area (Å²) in [5, 5.41) is 2.90. The molecule has 8 heteroatoms. The van der Waals surface area contributed by atoms with Crippen molar-refractivity contribution in [2.75, 3.05) is 12.4 Å². The molecule has 210 valence electrons. The Morgan fingerprint density at radius 2 is 1.21 bits per heavy atom. The van der Waals surface area contributed by atoms with Gasteiger partial charge in [0, 0.05) is 6.42 Å². The Kier molecular flexibility index (Phi) is 6.19. The summed E-state index contributed by atoms with van der Waals surface area (Å²) in [4.78, 5) is 41.7. The number of halogens is 2. The number of carbonyl (C=O) groups excluding carboxylic acids is 3. The molecule has 1 N–H and O–H groups in total. The van der Waals surface area contributed by atoms with Crippen LogP contribution >= 0.6 is 23.2 Å². The standard InChI is InChI=1S/C34H26Cl2N2O4/c1-42-27-18-10-9-17-25(27)37-30(39)26(19-20-11-3-2-4-12-20)38-31(40)28-29(32(38)41)34(36)22-14-6-5-13-21(22)33(28,35)23-15-7-8-16-24(23)34/h2-18,26,28-29H,19H2,1H3,(H,37,39)/t26-,28+,29+,33?,34?/m0/s1. The Hall–Kier alpha value is -4.13. The lowest BCUT2D eigenvalue weighted by molar-refractivity contribution is -0.146. The highest BCUT2D eigenvalue weighted by Gasteiger charge is 2.73. The molecule has 4 aliphatic rings. The molecule has 0 spiro atoms. The monoisotopic (exact) mass is 596 g/mol. The molecule has 42 heavy (non-hydrogen) atoms. The maximum absolute atomic E-state index is 14.6. The van der Waals surface area contributed by atoms with Gasteiger partial charge in [-0.25, -0.2) is 0 Å². The Bertz CT molecular complexity index is 1640. The molecule has 3 amide bonds. The molecule has 0 unspecified atom stereocenters. The smallest absolute Gasteiger partial charge is 0.248 e. The molecule has 4 aromatic rings. The van der Waals surface area contributed by atoms with Gasteiger partial charge in [0.05, 0.1) is 24.6 Å². The van der Waals surface area contributed by atoms with Gasteiger partial charge < -0.3 is 10.1 Å². The minimum Gasteiger partial charge on any atom is -0.495 e. The van der Waals surface area contributed by atoms with Crippen LogP contribution < -0.4 is 10.1 Å². The van der Waals surface area contributed by atoms with Gasteiger partial charge in [-0.15, -0.1) is 23.2 Å². The van der Waals surface area contributed by atoms with E-state index in [1.54, 1.807) is 24.3 Å². The van der Waals surface area contributed by atoms with Gasteiger partial charge in [-0.3, -0.25) is 19.3 Å². The number of amides is 3. The zero-order chi connectivity index (χ0) is 29.2. The van der Waals surface area contributed by atoms with Crippen LogP contribution in [0.3, 0.4) is 0 Å². The van der Waals surface area contributed by atoms with E-state index >= 15 is 0 Å². The van der Waals surface area contributed by atoms with Gasteiger partial charge in [-0.05, 0) is 39.9 Å². The average Bonchev–Trinajstić information content (AvgIpc) is 3.30. The van der Waals surface area contributed by atoms with Crippen LogP contribution in [0.4, 0.5) is 5.69 Å². The first-order chi connectivity index (χ1) is 20.3. The quantitative estimate of drug-likeness (QED) is 0.224. The minimum absolute atomic E-state index is 0.114. The number of imide groups is 1. The van der Waals surface area contributed by atoms with Gasteiger partial charge in [0.1, 0.15) is 21.5 Å². The van der Waals surface area contributed by atoms with Crippen molar-refractivity contribution in [2.45, 2.75) is 22.2 Å². The molecule has 3 aliphatic carbocycles. The van der Waals surface area contributed by atoms with Gasteiger partial charge in [0.2, 0.25) is 17.7 Å². The number of benzene rings is 4. The second-order valence-corrected chi connectivity index (χ2v) is 12.1. The van der Waals surface area contributed by atoms with Crippen molar-refractivity contribution in [3.8, 4) is 5.75 Å². The van der Waals surface area contributed by atoms with Crippen molar-refractivity contribution in [2.24, 2.45) is 11.8 Å². The fourth-order valence-electron chi connectivity index (χ4n) is 7.10. The molecule has 1 saturated heterocycles. The van der Waals surface area contributed by atoms with E-state index in [2.05, 4.69) is 5.32 Å². The van der Waals surface area contributed by atoms with Gasteiger partial charge in [0.15, 0.2) is 0 Å². The predicted molar refractivity (Wildman–Crippen MR) is 161 cm³/mol. The van der Waals surface area contributed by atoms with Gasteiger partial charge in [-0.2, -0.15) is 0 Å². The number of ether oxygens (including phenoxy) is 1. The summed E-state index contributed by atoms with van der Waals surface area (Å²) < 4.78 is 5.43. The zero-order valence-corrected chi connectivity index (χ0v) is 24.1. The first-order valence-electron chi connectivity index (χ1n) is 13.7. The van der Waals surface area contributed by atoms with E-state index < -0.39 is 45.3 Å². The molecular weight excluding hydrogens is 571 g/mol. The van der Waals surface area contributed by atoms with E-state index in [-0.39, 0.29) is 6.42 Å². The number of rotatable bonds is 6. The number of para-hydroxylation sites is 2. The number of alkyl halides is 2. The summed E-state index contributed by atoms with van der Waals surface area (Å²) in [7, 11) is 1.51. The lowest BCUT2D eigenvalue weighted by atomic mass is 9.54. The van der Waals surface area contributed by atoms with Gasteiger partial charge >= 0.3 is 0 Å². The van der Waals surface area contributed by atoms with Crippen LogP contribution in [0.1, 0.15) is 27.8 Å². The fourth-order valence-corrected chi connectivity index (χ4v) is 8.20. The molecule has 1 aliphatic heterocycles. The lowest BCUT2D eigenvalue weighted by Gasteiger charge is -2.54. The Morgan fingerprint density at radius 3 is 1.71 bits per heavy atom. The van der Waals surface area contributed by atoms with Crippen LogP contribution in [0.5, 0.6) is 5.75 Å². The third-order valence-corrected chi connectivity index (χ3v) is 10.2. The molecule has 1 heterocycles. The molecule has 8 rings (SSSR count). The largest absolute Gasteiger partial charge is 0.495 e. The Labute approximate surface area is 253 Å². The van der Waals surface area contributed by atoms with Gasteiger partial charge in [0.25, 0.3) is 0 Å². The van der Waals surface area contributed by atoms with Crippen LogP contribution in [-0.4, -0.2) is 35.8 Å². The average molecular weight is 597 g/mol. The van der Waals surface area contributed by atoms with Crippen LogP contribution in [0.25, 0.3) is 0 Å². The molecule has 1 fully saturated rings. The summed E-state index contributed by atoms with van der Waals surface area (Å²) in [5.41, 5.74) is 4.07. The minimum atomic E-state index is -1.33. The number of hydrogen-bond donors (Lipinski definition) is 1. The molecule has 6 nitrogen and oxygen atoms in total. The lowest BCUT2D eigenvalue weighted by Crippen LogP contribution is -2.57. The second kappa shape index (κ2) is 9.72. The van der Waals surface area contributed by atoms with E-state index in [1.165, 1.54) is 7.11 Å². The molecule has 0 radical (unpaired) electrons. The van der Waals surface area contributed by atoms with Crippen molar-refractivity contribution in [1.29, 1.82) is 0 Å². The topological polar surface area (TPSA) is 75.7 Å². The van der Waals surface area contributed by atoms with E-state index in [4.69, 9.17) is 27.9 Å². The fraction of sp³-hybridized carbons (Fsp3) is 0.206. The predicted octanol–water partition coefficient (Wildman–Crippen LogP) is 5.84. The number of anilines is 1. The number of nitrogens with one attached hydrogen (secondary N) is 1. The summed E-state index contributed by atoms with van der Waals surface area (Å²) in [5.74, 6) is -3.06. The van der Waals surface area contributed by atoms with E-state index in [0.717, 1.165) is 10.5 Å². The highest BCUT2D eigenvalue weighted by Crippen LogP contribution is 2.69. The number of hydrogen-bond acceptors (Lipinski definition) is 4. The molecular formula is C34H26Cl2N2O4. The molecule has 2 bridgehead atoms. The SMILES string of the molecule is COc1ccccc1NC(=O)[C@H](Cc1ccccc1)N1C(=O)[C@H]2[C@H](C1=O)C1(Cl)c3ccccc3C2(Cl)c2ccccc21. The van der Waals surface area contributed by atoms with Crippen LogP contribution in [0.15, 0.2) is 103 Å². The van der Waals surface area contributed by atoms with Crippen molar-refractivity contribution in [3.63, 3.8) is 0 Å². The maximum atomic E-state index is 14.6. The highest BCUT2D eigenvalue weighted by atomic mass is 35.5. The normalized spacial score (nSPS) is 25.8. The Balaban J connectivity index is 1.37. The first kappa shape index (κ1) is 26.7. The second-order valence-electron chi connectivity index (χ2n) is 10.9. The van der Waals surface area contributed by atoms with E-state index in [0.29, 0.717) is 33.7 Å². The summed E-state index contributed by atoms with van der Waals surface area (Å²) in [6, 6.07) is 30.1. The molecule has 4 aromatic carbocycles. The van der Waals surface area contributed by atoms with Crippen molar-refractivity contribution >= 4 is 46.6 Å². The maximum Gasteiger partial charge on any atom is 0.248 e. The van der Waals surface area contributed by atoms with Crippen LogP contribution in [0, 0.1) is 11.8 Å². The van der Waals surface area contributed by atoms with Crippen molar-refractivity contribution < 1.29 is 19.1 Å². The van der Waals surface area contributed by atoms with Gasteiger partial charge in [-0.1, -0.05) is 91.0 Å². The third kappa shape index (κ3) is 3.55. The number of methoxy groups -OCH3 is 1. The Morgan fingerprint density at radius 1 is 0.762 bits per heavy atom. The number of carbonyl (C=O) groups is 3. The summed E-state index contributed by atoms with van der Waals surface area (Å²) in [6.07, 6.45) is 0.114. The third-order valence-electron chi connectivity index (χ3n) is 8.87. The zero-order valence-electron chi connectivity index (χ0n) is 22.6. The highest BCUT2D eigenvalue weighted by molar-refractivity contribution is 6.36. The molecule has 0 saturated carbocycles. The number of likely N-dealkylation sites (tertiary alicyclic amines) is 1. The van der Waals surface area contributed by atoms with Crippen molar-refractivity contribution in [3.05, 3.63) is 131 Å². The van der Waals surface area contributed by atoms with E-state index in [1.807, 2.05) is 78.9 Å². The van der Waals surface area contributed by atoms with Crippen LogP contribution in [0.2, 0.25) is 0 Å². The van der Waals surface area contributed by atoms with E-state index in [9.17, 15) is 14.4 Å². The molecule has 0 aromatic heterocycles.